The van der Waals surface area contributed by atoms with E-state index >= 15 is 0 Å². The van der Waals surface area contributed by atoms with Crippen LogP contribution in [-0.4, -0.2) is 57.1 Å². The minimum absolute atomic E-state index is 0.0534. The molecule has 1 aromatic carbocycles. The quantitative estimate of drug-likeness (QED) is 0.724. The van der Waals surface area contributed by atoms with Gasteiger partial charge in [-0.15, -0.1) is 0 Å². The summed E-state index contributed by atoms with van der Waals surface area (Å²) in [5, 5.41) is 28.1. The zero-order valence-corrected chi connectivity index (χ0v) is 13.4. The van der Waals surface area contributed by atoms with Crippen LogP contribution in [0.4, 0.5) is 4.79 Å². The first-order chi connectivity index (χ1) is 11.5. The molecular weight excluding hydrogens is 314 g/mol. The Labute approximate surface area is 140 Å². The van der Waals surface area contributed by atoms with E-state index in [0.29, 0.717) is 19.3 Å². The lowest BCUT2D eigenvalue weighted by atomic mass is 9.92. The Morgan fingerprint density at radius 1 is 1.25 bits per heavy atom. The molecule has 1 heterocycles. The number of likely N-dealkylation sites (tertiary alicyclic amines) is 1. The fraction of sp³-hybridized carbons (Fsp3) is 0.529. The van der Waals surface area contributed by atoms with Crippen molar-refractivity contribution in [1.82, 2.24) is 4.90 Å². The molecule has 24 heavy (non-hydrogen) atoms. The fourth-order valence-corrected chi connectivity index (χ4v) is 3.01. The van der Waals surface area contributed by atoms with Gasteiger partial charge in [0.05, 0.1) is 12.7 Å². The molecule has 2 rings (SSSR count). The lowest BCUT2D eigenvalue weighted by Gasteiger charge is -2.39. The Kier molecular flexibility index (Phi) is 6.57. The molecule has 3 atom stereocenters. The molecular formula is C17H23NO6. The van der Waals surface area contributed by atoms with Crippen LogP contribution in [0.25, 0.3) is 0 Å². The van der Waals surface area contributed by atoms with Gasteiger partial charge in [-0.25, -0.2) is 9.59 Å². The molecule has 1 fully saturated rings. The molecule has 1 aromatic rings. The number of carboxylic acid groups (broad SMARTS) is 1. The zero-order chi connectivity index (χ0) is 17.5. The van der Waals surface area contributed by atoms with Gasteiger partial charge >= 0.3 is 12.1 Å². The second kappa shape index (κ2) is 8.65. The minimum atomic E-state index is -1.09. The third-order valence-electron chi connectivity index (χ3n) is 4.20. The number of aliphatic carboxylic acids is 1. The highest BCUT2D eigenvalue weighted by molar-refractivity contribution is 5.80. The summed E-state index contributed by atoms with van der Waals surface area (Å²) in [7, 11) is 0. The molecule has 1 amide bonds. The number of rotatable bonds is 6. The summed E-state index contributed by atoms with van der Waals surface area (Å²) in [5.41, 5.74) is 0.807. The molecule has 3 N–H and O–H groups in total. The number of hydrogen-bond donors (Lipinski definition) is 3. The van der Waals surface area contributed by atoms with Crippen molar-refractivity contribution in [2.24, 2.45) is 0 Å². The lowest BCUT2D eigenvalue weighted by Crippen LogP contribution is -2.54. The summed E-state index contributed by atoms with van der Waals surface area (Å²) in [4.78, 5) is 25.1. The van der Waals surface area contributed by atoms with Gasteiger partial charge in [0.1, 0.15) is 12.6 Å². The largest absolute Gasteiger partial charge is 0.480 e. The predicted octanol–water partition coefficient (Wildman–Crippen LogP) is 1.37. The van der Waals surface area contributed by atoms with Crippen LogP contribution in [0, 0.1) is 0 Å². The number of ether oxygens (including phenoxy) is 1. The molecule has 0 radical (unpaired) electrons. The van der Waals surface area contributed by atoms with Crippen LogP contribution in [0.5, 0.6) is 0 Å². The van der Waals surface area contributed by atoms with E-state index in [1.54, 1.807) is 0 Å². The zero-order valence-electron chi connectivity index (χ0n) is 13.4. The van der Waals surface area contributed by atoms with Crippen LogP contribution in [0.1, 0.15) is 31.2 Å². The maximum absolute atomic E-state index is 12.5. The Hall–Kier alpha value is -2.12. The molecule has 132 valence electrons. The molecule has 1 aliphatic heterocycles. The number of nitrogens with zero attached hydrogens (tertiary/aromatic N) is 1. The summed E-state index contributed by atoms with van der Waals surface area (Å²) in [6.45, 7) is -0.376. The Bertz CT molecular complexity index is 549. The van der Waals surface area contributed by atoms with E-state index in [1.807, 2.05) is 30.3 Å². The highest BCUT2D eigenvalue weighted by Gasteiger charge is 2.39. The third kappa shape index (κ3) is 4.69. The van der Waals surface area contributed by atoms with E-state index in [9.17, 15) is 19.8 Å². The van der Waals surface area contributed by atoms with Crippen LogP contribution >= 0.6 is 0 Å². The monoisotopic (exact) mass is 337 g/mol. The van der Waals surface area contributed by atoms with E-state index in [4.69, 9.17) is 9.84 Å². The van der Waals surface area contributed by atoms with Crippen LogP contribution < -0.4 is 0 Å². The number of carbonyl (C=O) groups excluding carboxylic acids is 1. The molecule has 0 aliphatic carbocycles. The third-order valence-corrected chi connectivity index (χ3v) is 4.20. The van der Waals surface area contributed by atoms with Gasteiger partial charge in [0.25, 0.3) is 0 Å². The van der Waals surface area contributed by atoms with Crippen LogP contribution in [0.15, 0.2) is 30.3 Å². The number of amides is 1. The summed E-state index contributed by atoms with van der Waals surface area (Å²) < 4.78 is 5.27. The minimum Gasteiger partial charge on any atom is -0.480 e. The van der Waals surface area contributed by atoms with Gasteiger partial charge in [-0.3, -0.25) is 4.90 Å². The van der Waals surface area contributed by atoms with Gasteiger partial charge in [-0.05, 0) is 31.2 Å². The number of carbonyl (C=O) groups is 2. The SMILES string of the molecule is O=C(O)C1CCCC(CC(O)CO)N1C(=O)OCc1ccccc1. The van der Waals surface area contributed by atoms with Gasteiger partial charge in [-0.1, -0.05) is 30.3 Å². The highest BCUT2D eigenvalue weighted by Crippen LogP contribution is 2.27. The maximum Gasteiger partial charge on any atom is 0.411 e. The van der Waals surface area contributed by atoms with E-state index in [-0.39, 0.29) is 13.0 Å². The van der Waals surface area contributed by atoms with Crippen molar-refractivity contribution in [3.8, 4) is 0 Å². The summed E-state index contributed by atoms with van der Waals surface area (Å²) in [6, 6.07) is 7.68. The number of hydrogen-bond acceptors (Lipinski definition) is 5. The van der Waals surface area contributed by atoms with Crippen LogP contribution in [0.2, 0.25) is 0 Å². The van der Waals surface area contributed by atoms with Gasteiger partial charge in [-0.2, -0.15) is 0 Å². The van der Waals surface area contributed by atoms with Gasteiger partial charge in [0, 0.05) is 6.04 Å². The molecule has 0 aromatic heterocycles. The number of carboxylic acids is 1. The van der Waals surface area contributed by atoms with Crippen molar-refractivity contribution >= 4 is 12.1 Å². The molecule has 1 aliphatic rings. The summed E-state index contributed by atoms with van der Waals surface area (Å²) in [5.74, 6) is -1.09. The van der Waals surface area contributed by atoms with E-state index in [0.717, 1.165) is 5.56 Å². The Balaban J connectivity index is 2.08. The summed E-state index contributed by atoms with van der Waals surface area (Å²) >= 11 is 0. The van der Waals surface area contributed by atoms with Crippen molar-refractivity contribution < 1.29 is 29.6 Å². The molecule has 7 heteroatoms. The van der Waals surface area contributed by atoms with Crippen molar-refractivity contribution in [3.63, 3.8) is 0 Å². The van der Waals surface area contributed by atoms with Crippen LogP contribution in [-0.2, 0) is 16.1 Å². The van der Waals surface area contributed by atoms with E-state index < -0.39 is 36.9 Å². The maximum atomic E-state index is 12.5. The van der Waals surface area contributed by atoms with Gasteiger partial charge in [0.15, 0.2) is 0 Å². The first kappa shape index (κ1) is 18.2. The van der Waals surface area contributed by atoms with Crippen molar-refractivity contribution in [3.05, 3.63) is 35.9 Å². The lowest BCUT2D eigenvalue weighted by molar-refractivity contribution is -0.145. The molecule has 0 spiro atoms. The summed E-state index contributed by atoms with van der Waals surface area (Å²) in [6.07, 6.45) is -0.0146. The number of aliphatic hydroxyl groups is 2. The number of aliphatic hydroxyl groups excluding tert-OH is 2. The van der Waals surface area contributed by atoms with Crippen molar-refractivity contribution in [2.45, 2.75) is 50.5 Å². The number of benzene rings is 1. The van der Waals surface area contributed by atoms with E-state index in [1.165, 1.54) is 4.90 Å². The smallest absolute Gasteiger partial charge is 0.411 e. The normalized spacial score (nSPS) is 22.0. The molecule has 0 saturated carbocycles. The molecule has 7 nitrogen and oxygen atoms in total. The van der Waals surface area contributed by atoms with Gasteiger partial charge < -0.3 is 20.1 Å². The highest BCUT2D eigenvalue weighted by atomic mass is 16.6. The molecule has 3 unspecified atom stereocenters. The fourth-order valence-electron chi connectivity index (χ4n) is 3.01. The number of piperidine rings is 1. The molecule has 0 bridgehead atoms. The standard InChI is InChI=1S/C17H23NO6/c19-10-14(20)9-13-7-4-8-15(16(21)22)18(13)17(23)24-11-12-5-2-1-3-6-12/h1-3,5-6,13-15,19-20H,4,7-11H2,(H,21,22). The molecule has 1 saturated heterocycles. The van der Waals surface area contributed by atoms with E-state index in [2.05, 4.69) is 0 Å². The Morgan fingerprint density at radius 3 is 2.58 bits per heavy atom. The second-order valence-electron chi connectivity index (χ2n) is 5.96. The average molecular weight is 337 g/mol. The average Bonchev–Trinajstić information content (AvgIpc) is 2.60. The van der Waals surface area contributed by atoms with Crippen LogP contribution in [0.3, 0.4) is 0 Å². The Morgan fingerprint density at radius 2 is 1.96 bits per heavy atom. The van der Waals surface area contributed by atoms with Crippen molar-refractivity contribution in [1.29, 1.82) is 0 Å². The topological polar surface area (TPSA) is 107 Å². The first-order valence-corrected chi connectivity index (χ1v) is 8.03. The predicted molar refractivity (Wildman–Crippen MR) is 85.2 cm³/mol. The first-order valence-electron chi connectivity index (χ1n) is 8.03. The second-order valence-corrected chi connectivity index (χ2v) is 5.96. The van der Waals surface area contributed by atoms with Gasteiger partial charge in [0.2, 0.25) is 0 Å². The van der Waals surface area contributed by atoms with Crippen molar-refractivity contribution in [2.75, 3.05) is 6.61 Å².